The number of hydrogen-bond donors (Lipinski definition) is 1. The number of nitrogens with zero attached hydrogens (tertiary/aromatic N) is 1. The summed E-state index contributed by atoms with van der Waals surface area (Å²) in [6.45, 7) is 1.86. The molecule has 3 nitrogen and oxygen atoms in total. The van der Waals surface area contributed by atoms with E-state index in [1.54, 1.807) is 25.1 Å². The van der Waals surface area contributed by atoms with Gasteiger partial charge in [-0.25, -0.2) is 4.39 Å². The molecule has 2 rings (SSSR count). The summed E-state index contributed by atoms with van der Waals surface area (Å²) in [7, 11) is 0. The Kier molecular flexibility index (Phi) is 2.95. The minimum atomic E-state index is -0.342. The van der Waals surface area contributed by atoms with Gasteiger partial charge in [-0.1, -0.05) is 18.2 Å². The summed E-state index contributed by atoms with van der Waals surface area (Å²) >= 11 is 0. The van der Waals surface area contributed by atoms with Crippen molar-refractivity contribution in [2.75, 3.05) is 0 Å². The van der Waals surface area contributed by atoms with E-state index in [2.05, 4.69) is 0 Å². The fourth-order valence-corrected chi connectivity index (χ4v) is 1.71. The first kappa shape index (κ1) is 11.4. The normalized spacial score (nSPS) is 10.5. The summed E-state index contributed by atoms with van der Waals surface area (Å²) in [5.74, 6) is -0.413. The van der Waals surface area contributed by atoms with Crippen LogP contribution < -0.4 is 5.56 Å². The molecule has 0 saturated carbocycles. The van der Waals surface area contributed by atoms with Crippen LogP contribution in [0.5, 0.6) is 5.75 Å². The lowest BCUT2D eigenvalue weighted by Crippen LogP contribution is -2.22. The molecule has 2 aromatic rings. The maximum absolute atomic E-state index is 13.5. The van der Waals surface area contributed by atoms with Gasteiger partial charge in [0.1, 0.15) is 11.6 Å². The van der Waals surface area contributed by atoms with Gasteiger partial charge < -0.3 is 9.67 Å². The number of hydrogen-bond acceptors (Lipinski definition) is 2. The molecule has 0 radical (unpaired) electrons. The zero-order valence-electron chi connectivity index (χ0n) is 9.35. The van der Waals surface area contributed by atoms with E-state index in [0.717, 1.165) is 6.07 Å². The Bertz CT molecular complexity index is 605. The van der Waals surface area contributed by atoms with E-state index >= 15 is 0 Å². The molecule has 0 aliphatic heterocycles. The van der Waals surface area contributed by atoms with Crippen LogP contribution in [0.25, 0.3) is 0 Å². The van der Waals surface area contributed by atoms with Gasteiger partial charge in [0.15, 0.2) is 0 Å². The quantitative estimate of drug-likeness (QED) is 0.862. The number of benzene rings is 1. The molecule has 17 heavy (non-hydrogen) atoms. The van der Waals surface area contributed by atoms with E-state index in [9.17, 15) is 14.3 Å². The second-order valence-electron chi connectivity index (χ2n) is 3.87. The van der Waals surface area contributed by atoms with Gasteiger partial charge in [0, 0.05) is 17.3 Å². The van der Waals surface area contributed by atoms with E-state index in [4.69, 9.17) is 0 Å². The van der Waals surface area contributed by atoms with Crippen LogP contribution >= 0.6 is 0 Å². The number of rotatable bonds is 2. The number of halogens is 1. The first-order valence-corrected chi connectivity index (χ1v) is 5.22. The SMILES string of the molecule is Cc1cc(O)cc(=O)n1Cc1ccccc1F. The molecule has 0 aliphatic carbocycles. The van der Waals surface area contributed by atoms with Crippen LogP contribution in [0.1, 0.15) is 11.3 Å². The van der Waals surface area contributed by atoms with Gasteiger partial charge in [0.25, 0.3) is 5.56 Å². The first-order valence-electron chi connectivity index (χ1n) is 5.22. The van der Waals surface area contributed by atoms with E-state index in [0.29, 0.717) is 11.3 Å². The van der Waals surface area contributed by atoms with Gasteiger partial charge >= 0.3 is 0 Å². The maximum Gasteiger partial charge on any atom is 0.254 e. The average molecular weight is 233 g/mol. The summed E-state index contributed by atoms with van der Waals surface area (Å²) in [5, 5.41) is 9.25. The Morgan fingerprint density at radius 1 is 1.29 bits per heavy atom. The minimum Gasteiger partial charge on any atom is -0.508 e. The highest BCUT2D eigenvalue weighted by Crippen LogP contribution is 2.11. The third-order valence-corrected chi connectivity index (χ3v) is 2.61. The van der Waals surface area contributed by atoms with E-state index in [1.807, 2.05) is 0 Å². The van der Waals surface area contributed by atoms with Crippen molar-refractivity contribution < 1.29 is 9.50 Å². The molecule has 0 spiro atoms. The lowest BCUT2D eigenvalue weighted by Gasteiger charge is -2.10. The van der Waals surface area contributed by atoms with Gasteiger partial charge in [-0.15, -0.1) is 0 Å². The molecular formula is C13H12FNO2. The van der Waals surface area contributed by atoms with Crippen molar-refractivity contribution in [2.45, 2.75) is 13.5 Å². The average Bonchev–Trinajstić information content (AvgIpc) is 2.25. The third-order valence-electron chi connectivity index (χ3n) is 2.61. The Hall–Kier alpha value is -2.10. The van der Waals surface area contributed by atoms with Gasteiger partial charge in [-0.05, 0) is 19.1 Å². The Morgan fingerprint density at radius 3 is 2.65 bits per heavy atom. The van der Waals surface area contributed by atoms with Gasteiger partial charge in [0.05, 0.1) is 6.54 Å². The summed E-state index contributed by atoms with van der Waals surface area (Å²) in [5.41, 5.74) is 0.701. The number of aryl methyl sites for hydroxylation is 1. The van der Waals surface area contributed by atoms with E-state index in [-0.39, 0.29) is 23.7 Å². The molecule has 0 unspecified atom stereocenters. The second kappa shape index (κ2) is 4.41. The lowest BCUT2D eigenvalue weighted by atomic mass is 10.2. The van der Waals surface area contributed by atoms with Crippen molar-refractivity contribution in [3.63, 3.8) is 0 Å². The number of pyridine rings is 1. The molecule has 0 saturated heterocycles. The Morgan fingerprint density at radius 2 is 2.00 bits per heavy atom. The smallest absolute Gasteiger partial charge is 0.254 e. The van der Waals surface area contributed by atoms with Crippen LogP contribution in [0.4, 0.5) is 4.39 Å². The molecule has 88 valence electrons. The van der Waals surface area contributed by atoms with Gasteiger partial charge in [0.2, 0.25) is 0 Å². The fraction of sp³-hybridized carbons (Fsp3) is 0.154. The predicted octanol–water partition coefficient (Wildman–Crippen LogP) is 2.05. The highest BCUT2D eigenvalue weighted by atomic mass is 19.1. The number of aromatic hydroxyl groups is 1. The highest BCUT2D eigenvalue weighted by molar-refractivity contribution is 5.24. The molecule has 0 atom stereocenters. The maximum atomic E-state index is 13.5. The molecule has 4 heteroatoms. The van der Waals surface area contributed by atoms with Crippen molar-refractivity contribution in [1.82, 2.24) is 4.57 Å². The van der Waals surface area contributed by atoms with Crippen LogP contribution in [0, 0.1) is 12.7 Å². The number of aromatic nitrogens is 1. The van der Waals surface area contributed by atoms with E-state index in [1.165, 1.54) is 16.7 Å². The van der Waals surface area contributed by atoms with Crippen LogP contribution in [-0.2, 0) is 6.54 Å². The molecule has 0 bridgehead atoms. The molecule has 0 amide bonds. The third kappa shape index (κ3) is 2.36. The van der Waals surface area contributed by atoms with Crippen LogP contribution in [0.3, 0.4) is 0 Å². The Balaban J connectivity index is 2.44. The van der Waals surface area contributed by atoms with Crippen LogP contribution in [0.2, 0.25) is 0 Å². The van der Waals surface area contributed by atoms with Crippen LogP contribution in [0.15, 0.2) is 41.2 Å². The van der Waals surface area contributed by atoms with E-state index < -0.39 is 0 Å². The summed E-state index contributed by atoms with van der Waals surface area (Å²) in [6, 6.07) is 8.91. The summed E-state index contributed by atoms with van der Waals surface area (Å²) in [6.07, 6.45) is 0. The molecule has 1 aromatic heterocycles. The highest BCUT2D eigenvalue weighted by Gasteiger charge is 2.06. The lowest BCUT2D eigenvalue weighted by molar-refractivity contribution is 0.470. The second-order valence-corrected chi connectivity index (χ2v) is 3.87. The largest absolute Gasteiger partial charge is 0.508 e. The van der Waals surface area contributed by atoms with Crippen molar-refractivity contribution in [2.24, 2.45) is 0 Å². The van der Waals surface area contributed by atoms with Gasteiger partial charge in [-0.3, -0.25) is 4.79 Å². The molecule has 1 heterocycles. The topological polar surface area (TPSA) is 42.2 Å². The predicted molar refractivity (Wildman–Crippen MR) is 62.6 cm³/mol. The zero-order chi connectivity index (χ0) is 12.4. The van der Waals surface area contributed by atoms with Crippen LogP contribution in [-0.4, -0.2) is 9.67 Å². The van der Waals surface area contributed by atoms with Crippen molar-refractivity contribution in [3.05, 3.63) is 63.8 Å². The first-order chi connectivity index (χ1) is 8.08. The Labute approximate surface area is 97.8 Å². The molecule has 1 aromatic carbocycles. The standard InChI is InChI=1S/C13H12FNO2/c1-9-6-11(16)7-13(17)15(9)8-10-4-2-3-5-12(10)14/h2-7,16H,8H2,1H3. The zero-order valence-corrected chi connectivity index (χ0v) is 9.35. The van der Waals surface area contributed by atoms with Crippen molar-refractivity contribution in [1.29, 1.82) is 0 Å². The monoisotopic (exact) mass is 233 g/mol. The minimum absolute atomic E-state index is 0.0720. The molecule has 0 fully saturated rings. The molecule has 0 aliphatic rings. The summed E-state index contributed by atoms with van der Waals surface area (Å²) < 4.78 is 14.9. The summed E-state index contributed by atoms with van der Waals surface area (Å²) in [4.78, 5) is 11.7. The van der Waals surface area contributed by atoms with Crippen molar-refractivity contribution >= 4 is 0 Å². The fourth-order valence-electron chi connectivity index (χ4n) is 1.71. The van der Waals surface area contributed by atoms with Crippen molar-refractivity contribution in [3.8, 4) is 5.75 Å². The molecule has 1 N–H and O–H groups in total. The van der Waals surface area contributed by atoms with Gasteiger partial charge in [-0.2, -0.15) is 0 Å². The molecular weight excluding hydrogens is 221 g/mol.